The minimum Gasteiger partial charge on any atom is -0.495 e. The maximum atomic E-state index is 13.4. The Morgan fingerprint density at radius 1 is 1.15 bits per heavy atom. The molecule has 0 saturated heterocycles. The summed E-state index contributed by atoms with van der Waals surface area (Å²) in [4.78, 5) is 3.99. The van der Waals surface area contributed by atoms with Crippen LogP contribution >= 0.6 is 0 Å². The van der Waals surface area contributed by atoms with Gasteiger partial charge in [0.25, 0.3) is 5.92 Å². The second-order valence-electron chi connectivity index (χ2n) is 4.61. The van der Waals surface area contributed by atoms with E-state index in [2.05, 4.69) is 4.98 Å². The van der Waals surface area contributed by atoms with Crippen molar-refractivity contribution in [1.29, 1.82) is 0 Å². The Bertz CT molecular complexity index is 608. The van der Waals surface area contributed by atoms with E-state index in [1.54, 1.807) is 18.5 Å². The first-order chi connectivity index (χ1) is 9.40. The van der Waals surface area contributed by atoms with Crippen LogP contribution in [0.3, 0.4) is 0 Å². The minimum absolute atomic E-state index is 0.383. The largest absolute Gasteiger partial charge is 0.495 e. The SMILES string of the molecule is COc1cncc(Cc2ccc(F)c(C(C)(F)F)c2)c1. The van der Waals surface area contributed by atoms with Gasteiger partial charge in [0.15, 0.2) is 0 Å². The molecule has 2 rings (SSSR count). The zero-order valence-corrected chi connectivity index (χ0v) is 11.2. The molecule has 0 aliphatic rings. The van der Waals surface area contributed by atoms with E-state index in [0.29, 0.717) is 24.7 Å². The van der Waals surface area contributed by atoms with Crippen molar-refractivity contribution in [2.75, 3.05) is 7.11 Å². The van der Waals surface area contributed by atoms with Gasteiger partial charge in [0.1, 0.15) is 11.6 Å². The first-order valence-electron chi connectivity index (χ1n) is 6.05. The quantitative estimate of drug-likeness (QED) is 0.847. The summed E-state index contributed by atoms with van der Waals surface area (Å²) in [7, 11) is 1.52. The second kappa shape index (κ2) is 5.53. The van der Waals surface area contributed by atoms with Crippen molar-refractivity contribution in [2.24, 2.45) is 0 Å². The molecule has 0 aliphatic heterocycles. The first-order valence-corrected chi connectivity index (χ1v) is 6.05. The fraction of sp³-hybridized carbons (Fsp3) is 0.267. The van der Waals surface area contributed by atoms with Crippen molar-refractivity contribution in [1.82, 2.24) is 4.98 Å². The van der Waals surface area contributed by atoms with Crippen LogP contribution in [0.2, 0.25) is 0 Å². The van der Waals surface area contributed by atoms with Crippen LogP contribution in [0, 0.1) is 5.82 Å². The Hall–Kier alpha value is -2.04. The van der Waals surface area contributed by atoms with E-state index >= 15 is 0 Å². The fourth-order valence-corrected chi connectivity index (χ4v) is 1.93. The number of methoxy groups -OCH3 is 1. The predicted molar refractivity (Wildman–Crippen MR) is 69.6 cm³/mol. The topological polar surface area (TPSA) is 22.1 Å². The molecule has 0 fully saturated rings. The van der Waals surface area contributed by atoms with Gasteiger partial charge in [-0.05, 0) is 35.7 Å². The lowest BCUT2D eigenvalue weighted by atomic mass is 10.0. The lowest BCUT2D eigenvalue weighted by molar-refractivity contribution is 0.0137. The molecular weight excluding hydrogens is 267 g/mol. The van der Waals surface area contributed by atoms with Crippen LogP contribution in [-0.4, -0.2) is 12.1 Å². The molecule has 106 valence electrons. The van der Waals surface area contributed by atoms with Gasteiger partial charge in [-0.3, -0.25) is 4.98 Å². The van der Waals surface area contributed by atoms with E-state index < -0.39 is 17.3 Å². The summed E-state index contributed by atoms with van der Waals surface area (Å²) in [5.74, 6) is -3.51. The first kappa shape index (κ1) is 14.4. The van der Waals surface area contributed by atoms with Crippen molar-refractivity contribution in [2.45, 2.75) is 19.3 Å². The van der Waals surface area contributed by atoms with Crippen LogP contribution in [0.5, 0.6) is 5.75 Å². The summed E-state index contributed by atoms with van der Waals surface area (Å²) < 4.78 is 45.0. The number of alkyl halides is 2. The summed E-state index contributed by atoms with van der Waals surface area (Å²) in [6.07, 6.45) is 3.56. The van der Waals surface area contributed by atoms with Crippen LogP contribution in [-0.2, 0) is 12.3 Å². The normalized spacial score (nSPS) is 11.4. The van der Waals surface area contributed by atoms with Gasteiger partial charge >= 0.3 is 0 Å². The summed E-state index contributed by atoms with van der Waals surface area (Å²) in [6, 6.07) is 5.51. The molecule has 0 N–H and O–H groups in total. The molecule has 0 spiro atoms. The molecule has 0 aliphatic carbocycles. The average molecular weight is 281 g/mol. The van der Waals surface area contributed by atoms with E-state index in [1.807, 2.05) is 0 Å². The number of pyridine rings is 1. The third-order valence-electron chi connectivity index (χ3n) is 2.92. The zero-order valence-electron chi connectivity index (χ0n) is 11.2. The predicted octanol–water partition coefficient (Wildman–Crippen LogP) is 3.93. The Labute approximate surface area is 115 Å². The van der Waals surface area contributed by atoms with Crippen LogP contribution in [0.15, 0.2) is 36.7 Å². The molecule has 0 atom stereocenters. The number of hydrogen-bond acceptors (Lipinski definition) is 2. The number of hydrogen-bond donors (Lipinski definition) is 0. The smallest absolute Gasteiger partial charge is 0.273 e. The summed E-state index contributed by atoms with van der Waals surface area (Å²) in [5, 5.41) is 0. The van der Waals surface area contributed by atoms with Gasteiger partial charge in [0, 0.05) is 13.1 Å². The molecule has 0 radical (unpaired) electrons. The maximum absolute atomic E-state index is 13.4. The number of ether oxygens (including phenoxy) is 1. The number of nitrogens with zero attached hydrogens (tertiary/aromatic N) is 1. The third kappa shape index (κ3) is 3.29. The molecule has 1 aromatic carbocycles. The van der Waals surface area contributed by atoms with E-state index in [1.165, 1.54) is 19.2 Å². The molecular formula is C15H14F3NO. The van der Waals surface area contributed by atoms with Gasteiger partial charge in [-0.25, -0.2) is 13.2 Å². The van der Waals surface area contributed by atoms with Crippen molar-refractivity contribution >= 4 is 0 Å². The zero-order chi connectivity index (χ0) is 14.8. The summed E-state index contributed by atoms with van der Waals surface area (Å²) >= 11 is 0. The van der Waals surface area contributed by atoms with Gasteiger partial charge < -0.3 is 4.74 Å². The van der Waals surface area contributed by atoms with E-state index in [0.717, 1.165) is 11.6 Å². The van der Waals surface area contributed by atoms with Gasteiger partial charge in [0.05, 0.1) is 18.9 Å². The van der Waals surface area contributed by atoms with E-state index in [4.69, 9.17) is 4.74 Å². The molecule has 20 heavy (non-hydrogen) atoms. The highest BCUT2D eigenvalue weighted by atomic mass is 19.3. The molecule has 5 heteroatoms. The standard InChI is InChI=1S/C15H14F3NO/c1-15(17,18)13-7-10(3-4-14(13)16)5-11-6-12(20-2)9-19-8-11/h3-4,6-9H,5H2,1-2H3. The Kier molecular flexibility index (Phi) is 3.97. The molecule has 2 aromatic rings. The lowest BCUT2D eigenvalue weighted by Gasteiger charge is -2.13. The molecule has 0 amide bonds. The average Bonchev–Trinajstić information content (AvgIpc) is 2.40. The second-order valence-corrected chi connectivity index (χ2v) is 4.61. The number of halogens is 3. The molecule has 2 nitrogen and oxygen atoms in total. The highest BCUT2D eigenvalue weighted by Crippen LogP contribution is 2.30. The molecule has 1 heterocycles. The molecule has 0 bridgehead atoms. The van der Waals surface area contributed by atoms with Crippen LogP contribution in [0.1, 0.15) is 23.6 Å². The number of benzene rings is 1. The van der Waals surface area contributed by atoms with E-state index in [-0.39, 0.29) is 0 Å². The van der Waals surface area contributed by atoms with Crippen LogP contribution < -0.4 is 4.74 Å². The number of aromatic nitrogens is 1. The van der Waals surface area contributed by atoms with Crippen molar-refractivity contribution in [3.8, 4) is 5.75 Å². The fourth-order valence-electron chi connectivity index (χ4n) is 1.93. The summed E-state index contributed by atoms with van der Waals surface area (Å²) in [6.45, 7) is 0.683. The Morgan fingerprint density at radius 2 is 1.90 bits per heavy atom. The van der Waals surface area contributed by atoms with Crippen LogP contribution in [0.4, 0.5) is 13.2 Å². The maximum Gasteiger partial charge on any atom is 0.273 e. The van der Waals surface area contributed by atoms with Gasteiger partial charge in [-0.15, -0.1) is 0 Å². The third-order valence-corrected chi connectivity index (χ3v) is 2.92. The molecule has 0 unspecified atom stereocenters. The number of rotatable bonds is 4. The summed E-state index contributed by atoms with van der Waals surface area (Å²) in [5.41, 5.74) is 0.810. The highest BCUT2D eigenvalue weighted by molar-refractivity contribution is 5.33. The van der Waals surface area contributed by atoms with Gasteiger partial charge in [-0.2, -0.15) is 0 Å². The minimum atomic E-state index is -3.20. The van der Waals surface area contributed by atoms with Gasteiger partial charge in [0.2, 0.25) is 0 Å². The lowest BCUT2D eigenvalue weighted by Crippen LogP contribution is -2.10. The van der Waals surface area contributed by atoms with Crippen molar-refractivity contribution < 1.29 is 17.9 Å². The highest BCUT2D eigenvalue weighted by Gasteiger charge is 2.28. The molecule has 1 aromatic heterocycles. The Morgan fingerprint density at radius 3 is 2.55 bits per heavy atom. The van der Waals surface area contributed by atoms with Gasteiger partial charge in [-0.1, -0.05) is 6.07 Å². The Balaban J connectivity index is 2.30. The van der Waals surface area contributed by atoms with Crippen molar-refractivity contribution in [3.05, 3.63) is 59.2 Å². The van der Waals surface area contributed by atoms with Crippen LogP contribution in [0.25, 0.3) is 0 Å². The van der Waals surface area contributed by atoms with E-state index in [9.17, 15) is 13.2 Å². The van der Waals surface area contributed by atoms with Crippen molar-refractivity contribution in [3.63, 3.8) is 0 Å². The monoisotopic (exact) mass is 281 g/mol. The molecule has 0 saturated carbocycles.